The van der Waals surface area contributed by atoms with Crippen LogP contribution in [0, 0.1) is 10.1 Å². The number of hydrogen-bond donors (Lipinski definition) is 2. The SMILES string of the molecule is CCc1ccc(C(=O)NCCc2nc(C(=O)O)cs2)cc1[N+](=O)[O-]. The summed E-state index contributed by atoms with van der Waals surface area (Å²) in [4.78, 5) is 37.3. The van der Waals surface area contributed by atoms with Crippen molar-refractivity contribution in [3.05, 3.63) is 55.5 Å². The third-order valence-corrected chi connectivity index (χ3v) is 4.23. The number of carboxylic acids is 1. The van der Waals surface area contributed by atoms with Crippen molar-refractivity contribution in [2.45, 2.75) is 19.8 Å². The van der Waals surface area contributed by atoms with Gasteiger partial charge in [0.2, 0.25) is 0 Å². The number of nitrogens with one attached hydrogen (secondary N) is 1. The third kappa shape index (κ3) is 4.13. The van der Waals surface area contributed by atoms with Crippen LogP contribution in [0.4, 0.5) is 5.69 Å². The lowest BCUT2D eigenvalue weighted by Crippen LogP contribution is -2.25. The van der Waals surface area contributed by atoms with Crippen molar-refractivity contribution < 1.29 is 19.6 Å². The minimum absolute atomic E-state index is 0.0212. The van der Waals surface area contributed by atoms with Crippen LogP contribution < -0.4 is 5.32 Å². The number of aromatic carboxylic acids is 1. The van der Waals surface area contributed by atoms with E-state index in [1.54, 1.807) is 12.1 Å². The van der Waals surface area contributed by atoms with Crippen LogP contribution in [0.1, 0.15) is 38.3 Å². The molecule has 0 saturated heterocycles. The van der Waals surface area contributed by atoms with Crippen LogP contribution in [0.15, 0.2) is 23.6 Å². The molecule has 0 radical (unpaired) electrons. The summed E-state index contributed by atoms with van der Waals surface area (Å²) in [7, 11) is 0. The molecule has 0 saturated carbocycles. The van der Waals surface area contributed by atoms with Crippen molar-refractivity contribution in [3.8, 4) is 0 Å². The van der Waals surface area contributed by atoms with E-state index in [1.807, 2.05) is 6.92 Å². The number of benzene rings is 1. The molecule has 126 valence electrons. The molecule has 24 heavy (non-hydrogen) atoms. The smallest absolute Gasteiger partial charge is 0.355 e. The van der Waals surface area contributed by atoms with E-state index < -0.39 is 16.8 Å². The number of nitro benzene ring substituents is 1. The van der Waals surface area contributed by atoms with Crippen molar-refractivity contribution in [3.63, 3.8) is 0 Å². The maximum atomic E-state index is 12.1. The van der Waals surface area contributed by atoms with Gasteiger partial charge < -0.3 is 10.4 Å². The van der Waals surface area contributed by atoms with E-state index >= 15 is 0 Å². The van der Waals surface area contributed by atoms with Gasteiger partial charge in [-0.1, -0.05) is 13.0 Å². The van der Waals surface area contributed by atoms with E-state index in [4.69, 9.17) is 5.11 Å². The standard InChI is InChI=1S/C15H15N3O5S/c1-2-9-3-4-10(7-12(9)18(22)23)14(19)16-6-5-13-17-11(8-24-13)15(20)21/h3-4,7-8H,2,5-6H2,1H3,(H,16,19)(H,20,21). The predicted molar refractivity (Wildman–Crippen MR) is 87.6 cm³/mol. The van der Waals surface area contributed by atoms with Crippen LogP contribution in [-0.4, -0.2) is 33.4 Å². The number of nitro groups is 1. The molecule has 0 unspecified atom stereocenters. The second kappa shape index (κ2) is 7.64. The highest BCUT2D eigenvalue weighted by atomic mass is 32.1. The largest absolute Gasteiger partial charge is 0.476 e. The van der Waals surface area contributed by atoms with Gasteiger partial charge in [0.1, 0.15) is 0 Å². The second-order valence-electron chi connectivity index (χ2n) is 4.89. The number of nitrogens with zero attached hydrogens (tertiary/aromatic N) is 2. The van der Waals surface area contributed by atoms with Crippen molar-refractivity contribution in [1.82, 2.24) is 10.3 Å². The number of amides is 1. The van der Waals surface area contributed by atoms with Crippen molar-refractivity contribution in [2.24, 2.45) is 0 Å². The van der Waals surface area contributed by atoms with Crippen molar-refractivity contribution in [1.29, 1.82) is 0 Å². The highest BCUT2D eigenvalue weighted by Gasteiger charge is 2.16. The van der Waals surface area contributed by atoms with Crippen LogP contribution in [0.5, 0.6) is 0 Å². The van der Waals surface area contributed by atoms with Gasteiger partial charge in [0.05, 0.1) is 9.93 Å². The van der Waals surface area contributed by atoms with Gasteiger partial charge in [-0.05, 0) is 12.5 Å². The number of carbonyl (C=O) groups excluding carboxylic acids is 1. The maximum Gasteiger partial charge on any atom is 0.355 e. The molecule has 0 atom stereocenters. The van der Waals surface area contributed by atoms with Crippen LogP contribution in [0.3, 0.4) is 0 Å². The Labute approximate surface area is 141 Å². The summed E-state index contributed by atoms with van der Waals surface area (Å²) < 4.78 is 0. The second-order valence-corrected chi connectivity index (χ2v) is 5.83. The third-order valence-electron chi connectivity index (χ3n) is 3.32. The lowest BCUT2D eigenvalue weighted by Gasteiger charge is -2.06. The van der Waals surface area contributed by atoms with Crippen LogP contribution >= 0.6 is 11.3 Å². The summed E-state index contributed by atoms with van der Waals surface area (Å²) in [6.45, 7) is 2.07. The number of rotatable bonds is 7. The Morgan fingerprint density at radius 2 is 2.17 bits per heavy atom. The molecule has 1 amide bonds. The van der Waals surface area contributed by atoms with Gasteiger partial charge in [0.25, 0.3) is 11.6 Å². The molecule has 2 rings (SSSR count). The van der Waals surface area contributed by atoms with Gasteiger partial charge in [0, 0.05) is 35.5 Å². The first-order chi connectivity index (χ1) is 11.4. The van der Waals surface area contributed by atoms with E-state index in [-0.39, 0.29) is 23.5 Å². The van der Waals surface area contributed by atoms with Gasteiger partial charge in [-0.3, -0.25) is 14.9 Å². The van der Waals surface area contributed by atoms with Crippen molar-refractivity contribution >= 4 is 28.9 Å². The summed E-state index contributed by atoms with van der Waals surface area (Å²) in [6.07, 6.45) is 0.896. The molecule has 1 aromatic heterocycles. The molecule has 0 spiro atoms. The Morgan fingerprint density at radius 3 is 2.75 bits per heavy atom. The molecule has 2 N–H and O–H groups in total. The first kappa shape index (κ1) is 17.5. The minimum atomic E-state index is -1.09. The Kier molecular flexibility index (Phi) is 5.59. The molecule has 1 aromatic carbocycles. The average molecular weight is 349 g/mol. The molecule has 2 aromatic rings. The fourth-order valence-corrected chi connectivity index (χ4v) is 2.86. The number of carbonyl (C=O) groups is 2. The van der Waals surface area contributed by atoms with E-state index in [9.17, 15) is 19.7 Å². The van der Waals surface area contributed by atoms with Gasteiger partial charge in [-0.15, -0.1) is 11.3 Å². The molecular formula is C15H15N3O5S. The lowest BCUT2D eigenvalue weighted by atomic mass is 10.1. The monoisotopic (exact) mass is 349 g/mol. The van der Waals surface area contributed by atoms with Crippen LogP contribution in [-0.2, 0) is 12.8 Å². The predicted octanol–water partition coefficient (Wildman–Crippen LogP) is 2.28. The quantitative estimate of drug-likeness (QED) is 0.584. The van der Waals surface area contributed by atoms with Gasteiger partial charge in [0.15, 0.2) is 5.69 Å². The number of aryl methyl sites for hydroxylation is 1. The Bertz CT molecular complexity index is 787. The molecule has 1 heterocycles. The molecule has 0 fully saturated rings. The number of carboxylic acid groups (broad SMARTS) is 1. The van der Waals surface area contributed by atoms with E-state index in [1.165, 1.54) is 22.8 Å². The molecule has 0 bridgehead atoms. The van der Waals surface area contributed by atoms with E-state index in [0.717, 1.165) is 0 Å². The zero-order chi connectivity index (χ0) is 17.7. The molecule has 0 aliphatic heterocycles. The normalized spacial score (nSPS) is 10.4. The zero-order valence-corrected chi connectivity index (χ0v) is 13.6. The topological polar surface area (TPSA) is 122 Å². The Balaban J connectivity index is 1.98. The van der Waals surface area contributed by atoms with Gasteiger partial charge >= 0.3 is 5.97 Å². The minimum Gasteiger partial charge on any atom is -0.476 e. The Hall–Kier alpha value is -2.81. The maximum absolute atomic E-state index is 12.1. The molecular weight excluding hydrogens is 334 g/mol. The molecule has 0 aliphatic rings. The van der Waals surface area contributed by atoms with Crippen molar-refractivity contribution in [2.75, 3.05) is 6.54 Å². The fourth-order valence-electron chi connectivity index (χ4n) is 2.08. The van der Waals surface area contributed by atoms with E-state index in [0.29, 0.717) is 23.4 Å². The highest BCUT2D eigenvalue weighted by molar-refractivity contribution is 7.09. The summed E-state index contributed by atoms with van der Waals surface area (Å²) >= 11 is 1.20. The number of aromatic nitrogens is 1. The van der Waals surface area contributed by atoms with Crippen LogP contribution in [0.25, 0.3) is 0 Å². The van der Waals surface area contributed by atoms with Crippen LogP contribution in [0.2, 0.25) is 0 Å². The van der Waals surface area contributed by atoms with Gasteiger partial charge in [-0.2, -0.15) is 0 Å². The molecule has 8 nitrogen and oxygen atoms in total. The lowest BCUT2D eigenvalue weighted by molar-refractivity contribution is -0.385. The Morgan fingerprint density at radius 1 is 1.42 bits per heavy atom. The summed E-state index contributed by atoms with van der Waals surface area (Å²) in [5, 5.41) is 24.5. The first-order valence-corrected chi connectivity index (χ1v) is 8.03. The molecule has 0 aliphatic carbocycles. The highest BCUT2D eigenvalue weighted by Crippen LogP contribution is 2.20. The average Bonchev–Trinajstić information content (AvgIpc) is 3.03. The van der Waals surface area contributed by atoms with E-state index in [2.05, 4.69) is 10.3 Å². The molecule has 9 heteroatoms. The first-order valence-electron chi connectivity index (χ1n) is 7.15. The number of thiazole rings is 1. The summed E-state index contributed by atoms with van der Waals surface area (Å²) in [6, 6.07) is 4.39. The fraction of sp³-hybridized carbons (Fsp3) is 0.267. The zero-order valence-electron chi connectivity index (χ0n) is 12.8. The summed E-state index contributed by atoms with van der Waals surface area (Å²) in [5.41, 5.74) is 0.688. The summed E-state index contributed by atoms with van der Waals surface area (Å²) in [5.74, 6) is -1.51. The number of hydrogen-bond acceptors (Lipinski definition) is 6. The van der Waals surface area contributed by atoms with Gasteiger partial charge in [-0.25, -0.2) is 9.78 Å².